The zero-order valence-corrected chi connectivity index (χ0v) is 26.4. The summed E-state index contributed by atoms with van der Waals surface area (Å²) in [6, 6.07) is 18.4. The molecule has 1 saturated carbocycles. The summed E-state index contributed by atoms with van der Waals surface area (Å²) in [4.78, 5) is 39.1. The van der Waals surface area contributed by atoms with Gasteiger partial charge in [0, 0.05) is 68.2 Å². The summed E-state index contributed by atoms with van der Waals surface area (Å²) in [6.45, 7) is 12.8. The van der Waals surface area contributed by atoms with Crippen molar-refractivity contribution in [2.24, 2.45) is 5.92 Å². The second-order valence-electron chi connectivity index (χ2n) is 12.3. The molecule has 1 atom stereocenters. The number of pyridine rings is 1. The third kappa shape index (κ3) is 7.63. The van der Waals surface area contributed by atoms with E-state index >= 15 is 0 Å². The van der Waals surface area contributed by atoms with Crippen molar-refractivity contribution in [2.75, 3.05) is 45.8 Å². The number of fused-ring (bicyclic) bond motifs is 1. The number of carbonyl (C=O) groups is 2. The number of rotatable bonds is 11. The Hall–Kier alpha value is -3.29. The Morgan fingerprint density at radius 2 is 1.60 bits per heavy atom. The zero-order valence-electron chi connectivity index (χ0n) is 26.4. The van der Waals surface area contributed by atoms with Crippen molar-refractivity contribution in [3.05, 3.63) is 65.7 Å². The third-order valence-corrected chi connectivity index (χ3v) is 9.63. The highest BCUT2D eigenvalue weighted by atomic mass is 16.2. The first kappa shape index (κ1) is 31.1. The van der Waals surface area contributed by atoms with Gasteiger partial charge < -0.3 is 15.1 Å². The lowest BCUT2D eigenvalue weighted by atomic mass is 9.84. The molecular formula is C36H49N5O2. The molecule has 3 aromatic rings. The van der Waals surface area contributed by atoms with Crippen LogP contribution >= 0.6 is 0 Å². The van der Waals surface area contributed by atoms with Crippen LogP contribution in [0.15, 0.2) is 54.6 Å². The SMILES string of the molecule is CCN(CC)CCC(=O)N1CCN(Cc2c(-c3ccccc3)nc3ccccc3c2C(=O)N[C@@H](C)C2CCCCC2)CC1. The first-order valence-corrected chi connectivity index (χ1v) is 16.5. The van der Waals surface area contributed by atoms with Crippen LogP contribution in [0.2, 0.25) is 0 Å². The Morgan fingerprint density at radius 1 is 0.930 bits per heavy atom. The van der Waals surface area contributed by atoms with Gasteiger partial charge in [-0.1, -0.05) is 81.6 Å². The van der Waals surface area contributed by atoms with E-state index in [1.807, 2.05) is 47.4 Å². The number of benzene rings is 2. The van der Waals surface area contributed by atoms with E-state index in [-0.39, 0.29) is 17.9 Å². The molecule has 2 heterocycles. The first-order chi connectivity index (χ1) is 21.0. The van der Waals surface area contributed by atoms with Crippen LogP contribution in [0.4, 0.5) is 0 Å². The van der Waals surface area contributed by atoms with Crippen molar-refractivity contribution in [1.82, 2.24) is 25.0 Å². The Balaban J connectivity index is 1.42. The fourth-order valence-electron chi connectivity index (χ4n) is 6.86. The molecule has 2 amide bonds. The Bertz CT molecular complexity index is 1360. The van der Waals surface area contributed by atoms with E-state index in [9.17, 15) is 9.59 Å². The maximum absolute atomic E-state index is 14.3. The van der Waals surface area contributed by atoms with Crippen LogP contribution in [-0.4, -0.2) is 83.4 Å². The van der Waals surface area contributed by atoms with Gasteiger partial charge in [-0.25, -0.2) is 4.98 Å². The van der Waals surface area contributed by atoms with Gasteiger partial charge in [0.05, 0.1) is 16.8 Å². The maximum Gasteiger partial charge on any atom is 0.252 e. The molecule has 7 nitrogen and oxygen atoms in total. The van der Waals surface area contributed by atoms with Crippen LogP contribution < -0.4 is 5.32 Å². The van der Waals surface area contributed by atoms with E-state index in [2.05, 4.69) is 48.0 Å². The fraction of sp³-hybridized carbons (Fsp3) is 0.528. The molecule has 2 fully saturated rings. The summed E-state index contributed by atoms with van der Waals surface area (Å²) in [7, 11) is 0. The van der Waals surface area contributed by atoms with Gasteiger partial charge in [-0.15, -0.1) is 0 Å². The van der Waals surface area contributed by atoms with Crippen molar-refractivity contribution < 1.29 is 9.59 Å². The van der Waals surface area contributed by atoms with Gasteiger partial charge in [0.1, 0.15) is 0 Å². The Labute approximate surface area is 257 Å². The lowest BCUT2D eigenvalue weighted by molar-refractivity contribution is -0.133. The summed E-state index contributed by atoms with van der Waals surface area (Å²) in [5, 5.41) is 4.33. The van der Waals surface area contributed by atoms with Gasteiger partial charge in [-0.3, -0.25) is 14.5 Å². The molecule has 7 heteroatoms. The smallest absolute Gasteiger partial charge is 0.252 e. The number of amides is 2. The summed E-state index contributed by atoms with van der Waals surface area (Å²) in [5.41, 5.74) is 4.43. The average Bonchev–Trinajstić information content (AvgIpc) is 3.05. The van der Waals surface area contributed by atoms with Gasteiger partial charge in [-0.2, -0.15) is 0 Å². The molecule has 0 unspecified atom stereocenters. The quantitative estimate of drug-likeness (QED) is 0.301. The first-order valence-electron chi connectivity index (χ1n) is 16.5. The van der Waals surface area contributed by atoms with Crippen molar-refractivity contribution in [3.8, 4) is 11.3 Å². The molecule has 0 radical (unpaired) electrons. The van der Waals surface area contributed by atoms with Crippen molar-refractivity contribution in [3.63, 3.8) is 0 Å². The highest BCUT2D eigenvalue weighted by molar-refractivity contribution is 6.09. The molecule has 1 aliphatic heterocycles. The van der Waals surface area contributed by atoms with Crippen molar-refractivity contribution in [2.45, 2.75) is 71.9 Å². The van der Waals surface area contributed by atoms with E-state index in [0.717, 1.165) is 66.0 Å². The second-order valence-corrected chi connectivity index (χ2v) is 12.3. The number of para-hydroxylation sites is 1. The van der Waals surface area contributed by atoms with Crippen molar-refractivity contribution in [1.29, 1.82) is 0 Å². The van der Waals surface area contributed by atoms with Crippen LogP contribution in [0.25, 0.3) is 22.2 Å². The van der Waals surface area contributed by atoms with Gasteiger partial charge in [0.2, 0.25) is 5.91 Å². The lowest BCUT2D eigenvalue weighted by Gasteiger charge is -2.36. The number of nitrogens with one attached hydrogen (secondary N) is 1. The average molecular weight is 584 g/mol. The predicted molar refractivity (Wildman–Crippen MR) is 175 cm³/mol. The standard InChI is InChI=1S/C36H49N5O2/c1-4-39(5-2)21-20-33(42)41-24-22-40(23-25-41)26-31-34(36(43)37-27(3)28-14-8-6-9-15-28)30-18-12-13-19-32(30)38-35(31)29-16-10-7-11-17-29/h7,10-13,16-19,27-28H,4-6,8-9,14-15,20-26H2,1-3H3,(H,37,43)/t27-/m0/s1. The van der Waals surface area contributed by atoms with Crippen LogP contribution in [0, 0.1) is 5.92 Å². The summed E-state index contributed by atoms with van der Waals surface area (Å²) in [5.74, 6) is 0.755. The van der Waals surface area contributed by atoms with E-state index in [1.54, 1.807) is 0 Å². The number of piperazine rings is 1. The molecule has 230 valence electrons. The number of hydrogen-bond acceptors (Lipinski definition) is 5. The molecule has 1 saturated heterocycles. The third-order valence-electron chi connectivity index (χ3n) is 9.63. The topological polar surface area (TPSA) is 68.8 Å². The Morgan fingerprint density at radius 3 is 2.30 bits per heavy atom. The molecule has 1 aromatic heterocycles. The van der Waals surface area contributed by atoms with Crippen LogP contribution in [0.1, 0.15) is 75.2 Å². The second kappa shape index (κ2) is 14.9. The minimum absolute atomic E-state index is 0.00549. The molecule has 1 N–H and O–H groups in total. The fourth-order valence-corrected chi connectivity index (χ4v) is 6.86. The number of nitrogens with zero attached hydrogens (tertiary/aromatic N) is 4. The molecular weight excluding hydrogens is 534 g/mol. The number of aromatic nitrogens is 1. The van der Waals surface area contributed by atoms with E-state index in [4.69, 9.17) is 4.98 Å². The monoisotopic (exact) mass is 583 g/mol. The normalized spacial score (nSPS) is 17.3. The van der Waals surface area contributed by atoms with Gasteiger partial charge >= 0.3 is 0 Å². The molecule has 0 spiro atoms. The predicted octanol–water partition coefficient (Wildman–Crippen LogP) is 5.98. The van der Waals surface area contributed by atoms with Gasteiger partial charge in [-0.05, 0) is 44.8 Å². The minimum atomic E-state index is -0.00549. The van der Waals surface area contributed by atoms with Crippen LogP contribution in [-0.2, 0) is 11.3 Å². The number of hydrogen-bond donors (Lipinski definition) is 1. The van der Waals surface area contributed by atoms with Gasteiger partial charge in [0.15, 0.2) is 0 Å². The zero-order chi connectivity index (χ0) is 30.2. The molecule has 5 rings (SSSR count). The maximum atomic E-state index is 14.3. The summed E-state index contributed by atoms with van der Waals surface area (Å²) < 4.78 is 0. The van der Waals surface area contributed by atoms with E-state index < -0.39 is 0 Å². The lowest BCUT2D eigenvalue weighted by Crippen LogP contribution is -2.49. The van der Waals surface area contributed by atoms with E-state index in [0.29, 0.717) is 32.0 Å². The molecule has 43 heavy (non-hydrogen) atoms. The van der Waals surface area contributed by atoms with Crippen molar-refractivity contribution >= 4 is 22.7 Å². The highest BCUT2D eigenvalue weighted by Crippen LogP contribution is 2.33. The molecule has 0 bridgehead atoms. The summed E-state index contributed by atoms with van der Waals surface area (Å²) in [6.07, 6.45) is 6.72. The molecule has 1 aliphatic carbocycles. The van der Waals surface area contributed by atoms with Crippen LogP contribution in [0.3, 0.4) is 0 Å². The number of carbonyl (C=O) groups excluding carboxylic acids is 2. The van der Waals surface area contributed by atoms with E-state index in [1.165, 1.54) is 32.1 Å². The molecule has 2 aliphatic rings. The molecule has 2 aromatic carbocycles. The minimum Gasteiger partial charge on any atom is -0.349 e. The Kier molecular flexibility index (Phi) is 10.8. The highest BCUT2D eigenvalue weighted by Gasteiger charge is 2.28. The largest absolute Gasteiger partial charge is 0.349 e. The van der Waals surface area contributed by atoms with Gasteiger partial charge in [0.25, 0.3) is 5.91 Å². The summed E-state index contributed by atoms with van der Waals surface area (Å²) >= 11 is 0. The van der Waals surface area contributed by atoms with Crippen LogP contribution in [0.5, 0.6) is 0 Å².